The predicted molar refractivity (Wildman–Crippen MR) is 104 cm³/mol. The summed E-state index contributed by atoms with van der Waals surface area (Å²) in [6.07, 6.45) is 3.80. The van der Waals surface area contributed by atoms with Crippen molar-refractivity contribution in [2.75, 3.05) is 20.7 Å². The minimum Gasteiger partial charge on any atom is -0.464 e. The second kappa shape index (κ2) is 8.46. The van der Waals surface area contributed by atoms with Crippen LogP contribution in [-0.2, 0) is 14.9 Å². The Morgan fingerprint density at radius 3 is 2.68 bits per heavy atom. The van der Waals surface area contributed by atoms with E-state index in [2.05, 4.69) is 0 Å². The lowest BCUT2D eigenvalue weighted by Gasteiger charge is -2.29. The van der Waals surface area contributed by atoms with Crippen LogP contribution in [0.5, 0.6) is 0 Å². The van der Waals surface area contributed by atoms with Crippen LogP contribution in [0.1, 0.15) is 53.6 Å². The summed E-state index contributed by atoms with van der Waals surface area (Å²) in [5, 5.41) is 0. The van der Waals surface area contributed by atoms with Gasteiger partial charge in [-0.25, -0.2) is 8.42 Å². The number of carbonyl (C=O) groups excluding carboxylic acids is 1. The van der Waals surface area contributed by atoms with Crippen molar-refractivity contribution in [3.05, 3.63) is 53.5 Å². The maximum absolute atomic E-state index is 13.3. The van der Waals surface area contributed by atoms with Crippen LogP contribution in [0.15, 0.2) is 45.7 Å². The van der Waals surface area contributed by atoms with E-state index in [1.165, 1.54) is 26.3 Å². The molecular formula is C20H26N2O5S. The summed E-state index contributed by atoms with van der Waals surface area (Å²) in [5.41, 5.74) is 0.334. The molecule has 1 saturated heterocycles. The van der Waals surface area contributed by atoms with E-state index in [1.807, 2.05) is 19.1 Å². The lowest BCUT2D eigenvalue weighted by molar-refractivity contribution is -0.0258. The number of hydroxylamine groups is 1. The molecule has 2 heterocycles. The number of sulfonamides is 1. The number of carbonyl (C=O) groups is 1. The van der Waals surface area contributed by atoms with Gasteiger partial charge in [0.2, 0.25) is 0 Å². The first-order valence-electron chi connectivity index (χ1n) is 9.35. The van der Waals surface area contributed by atoms with Crippen LogP contribution in [0.25, 0.3) is 0 Å². The molecular weight excluding hydrogens is 380 g/mol. The summed E-state index contributed by atoms with van der Waals surface area (Å²) >= 11 is 0. The highest BCUT2D eigenvalue weighted by Gasteiger charge is 2.30. The van der Waals surface area contributed by atoms with Crippen molar-refractivity contribution in [3.8, 4) is 0 Å². The average Bonchev–Trinajstić information content (AvgIpc) is 2.98. The fourth-order valence-electron chi connectivity index (χ4n) is 3.48. The Bertz CT molecular complexity index is 938. The van der Waals surface area contributed by atoms with Crippen molar-refractivity contribution in [1.82, 2.24) is 9.37 Å². The lowest BCUT2D eigenvalue weighted by atomic mass is 10.1. The van der Waals surface area contributed by atoms with Crippen LogP contribution in [0.4, 0.5) is 0 Å². The summed E-state index contributed by atoms with van der Waals surface area (Å²) in [6, 6.07) is 9.75. The fraction of sp³-hybridized carbons (Fsp3) is 0.450. The topological polar surface area (TPSA) is 80.1 Å². The average molecular weight is 407 g/mol. The standard InChI is InChI=1S/C20H26N2O5S/c1-15-11-12-19(27-15)18-10-5-4-6-13-22(18)20(23)16-8-7-9-17(14-16)28(24,25)21(2)26-3/h7-9,11-12,14,18H,4-6,10,13H2,1-3H3. The van der Waals surface area contributed by atoms with E-state index < -0.39 is 10.0 Å². The third-order valence-electron chi connectivity index (χ3n) is 5.08. The van der Waals surface area contributed by atoms with Crippen molar-refractivity contribution in [3.63, 3.8) is 0 Å². The first kappa shape index (κ1) is 20.6. The molecule has 1 atom stereocenters. The number of aryl methyl sites for hydroxylation is 1. The highest BCUT2D eigenvalue weighted by Crippen LogP contribution is 2.32. The molecule has 0 spiro atoms. The van der Waals surface area contributed by atoms with Crippen molar-refractivity contribution in [2.45, 2.75) is 43.5 Å². The predicted octanol–water partition coefficient (Wildman–Crippen LogP) is 3.53. The van der Waals surface area contributed by atoms with Gasteiger partial charge in [-0.1, -0.05) is 23.4 Å². The molecule has 28 heavy (non-hydrogen) atoms. The van der Waals surface area contributed by atoms with E-state index in [0.29, 0.717) is 12.1 Å². The number of rotatable bonds is 5. The van der Waals surface area contributed by atoms with E-state index in [-0.39, 0.29) is 16.8 Å². The Morgan fingerprint density at radius 1 is 1.21 bits per heavy atom. The molecule has 152 valence electrons. The summed E-state index contributed by atoms with van der Waals surface area (Å²) in [6.45, 7) is 2.49. The van der Waals surface area contributed by atoms with Gasteiger partial charge in [-0.15, -0.1) is 0 Å². The number of benzene rings is 1. The zero-order valence-electron chi connectivity index (χ0n) is 16.4. The molecule has 1 aliphatic heterocycles. The second-order valence-corrected chi connectivity index (χ2v) is 8.87. The molecule has 0 saturated carbocycles. The van der Waals surface area contributed by atoms with Crippen molar-refractivity contribution >= 4 is 15.9 Å². The molecule has 0 bridgehead atoms. The number of nitrogens with zero attached hydrogens (tertiary/aromatic N) is 2. The highest BCUT2D eigenvalue weighted by molar-refractivity contribution is 7.89. The Kier molecular flexibility index (Phi) is 6.22. The van der Waals surface area contributed by atoms with E-state index >= 15 is 0 Å². The monoisotopic (exact) mass is 406 g/mol. The first-order valence-corrected chi connectivity index (χ1v) is 10.8. The molecule has 0 radical (unpaired) electrons. The van der Waals surface area contributed by atoms with Gasteiger partial charge in [0.1, 0.15) is 11.5 Å². The molecule has 1 fully saturated rings. The summed E-state index contributed by atoms with van der Waals surface area (Å²) < 4.78 is 31.6. The molecule has 1 unspecified atom stereocenters. The Labute approximate surface area is 165 Å². The van der Waals surface area contributed by atoms with Crippen LogP contribution in [-0.4, -0.2) is 44.4 Å². The Hall–Kier alpha value is -2.16. The van der Waals surface area contributed by atoms with Gasteiger partial charge in [0.15, 0.2) is 0 Å². The van der Waals surface area contributed by atoms with Gasteiger partial charge in [0, 0.05) is 19.2 Å². The van der Waals surface area contributed by atoms with Gasteiger partial charge in [-0.05, 0) is 50.1 Å². The molecule has 7 nitrogen and oxygen atoms in total. The van der Waals surface area contributed by atoms with Gasteiger partial charge >= 0.3 is 0 Å². The minimum atomic E-state index is -3.82. The quantitative estimate of drug-likeness (QED) is 0.710. The maximum atomic E-state index is 13.3. The minimum absolute atomic E-state index is 0.0166. The second-order valence-electron chi connectivity index (χ2n) is 6.94. The molecule has 2 aromatic rings. The van der Waals surface area contributed by atoms with Crippen LogP contribution < -0.4 is 0 Å². The van der Waals surface area contributed by atoms with Gasteiger partial charge in [0.25, 0.3) is 15.9 Å². The number of furan rings is 1. The van der Waals surface area contributed by atoms with Gasteiger partial charge in [0.05, 0.1) is 18.0 Å². The highest BCUT2D eigenvalue weighted by atomic mass is 32.2. The van der Waals surface area contributed by atoms with Gasteiger partial charge in [-0.2, -0.15) is 0 Å². The summed E-state index contributed by atoms with van der Waals surface area (Å²) in [7, 11) is -1.23. The van der Waals surface area contributed by atoms with Gasteiger partial charge < -0.3 is 9.32 Å². The molecule has 0 aliphatic carbocycles. The van der Waals surface area contributed by atoms with Crippen LogP contribution in [0, 0.1) is 6.92 Å². The molecule has 0 N–H and O–H groups in total. The largest absolute Gasteiger partial charge is 0.464 e. The van der Waals surface area contributed by atoms with E-state index in [9.17, 15) is 13.2 Å². The molecule has 1 amide bonds. The fourth-order valence-corrected chi connectivity index (χ4v) is 4.50. The Balaban J connectivity index is 1.94. The molecule has 1 aromatic heterocycles. The zero-order valence-corrected chi connectivity index (χ0v) is 17.2. The van der Waals surface area contributed by atoms with E-state index in [4.69, 9.17) is 9.25 Å². The summed E-state index contributed by atoms with van der Waals surface area (Å²) in [4.78, 5) is 19.9. The molecule has 1 aliphatic rings. The van der Waals surface area contributed by atoms with Crippen LogP contribution in [0.3, 0.4) is 0 Å². The third-order valence-corrected chi connectivity index (χ3v) is 6.75. The van der Waals surface area contributed by atoms with Gasteiger partial charge in [-0.3, -0.25) is 9.63 Å². The number of amides is 1. The maximum Gasteiger partial charge on any atom is 0.264 e. The zero-order chi connectivity index (χ0) is 20.3. The van der Waals surface area contributed by atoms with E-state index in [0.717, 1.165) is 41.7 Å². The van der Waals surface area contributed by atoms with Crippen LogP contribution >= 0.6 is 0 Å². The lowest BCUT2D eigenvalue weighted by Crippen LogP contribution is -2.35. The smallest absolute Gasteiger partial charge is 0.264 e. The van der Waals surface area contributed by atoms with Crippen molar-refractivity contribution < 1.29 is 22.5 Å². The number of hydrogen-bond donors (Lipinski definition) is 0. The van der Waals surface area contributed by atoms with Crippen molar-refractivity contribution in [1.29, 1.82) is 0 Å². The number of hydrogen-bond acceptors (Lipinski definition) is 5. The third kappa shape index (κ3) is 4.14. The Morgan fingerprint density at radius 2 is 2.00 bits per heavy atom. The molecule has 3 rings (SSSR count). The normalized spacial score (nSPS) is 18.3. The number of likely N-dealkylation sites (tertiary alicyclic amines) is 1. The molecule has 1 aromatic carbocycles. The molecule has 8 heteroatoms. The van der Waals surface area contributed by atoms with Crippen LogP contribution in [0.2, 0.25) is 0 Å². The van der Waals surface area contributed by atoms with E-state index in [1.54, 1.807) is 17.0 Å². The summed E-state index contributed by atoms with van der Waals surface area (Å²) in [5.74, 6) is 1.39. The first-order chi connectivity index (χ1) is 13.3. The SMILES string of the molecule is CON(C)S(=O)(=O)c1cccc(C(=O)N2CCCCCC2c2ccc(C)o2)c1. The van der Waals surface area contributed by atoms with Crippen molar-refractivity contribution in [2.24, 2.45) is 0 Å².